The van der Waals surface area contributed by atoms with Gasteiger partial charge in [-0.15, -0.1) is 0 Å². The van der Waals surface area contributed by atoms with Crippen molar-refractivity contribution in [2.24, 2.45) is 0 Å². The molecule has 0 aromatic carbocycles. The Morgan fingerprint density at radius 3 is 2.80 bits per heavy atom. The van der Waals surface area contributed by atoms with Crippen molar-refractivity contribution in [3.8, 4) is 0 Å². The molecule has 2 rings (SSSR count). The van der Waals surface area contributed by atoms with Crippen molar-refractivity contribution in [2.45, 2.75) is 64.3 Å². The summed E-state index contributed by atoms with van der Waals surface area (Å²) in [6.45, 7) is 6.51. The smallest absolute Gasteiger partial charge is 0.407 e. The first-order valence-corrected chi connectivity index (χ1v) is 8.12. The van der Waals surface area contributed by atoms with Gasteiger partial charge in [-0.3, -0.25) is 0 Å². The molecule has 20 heavy (non-hydrogen) atoms. The zero-order valence-electron chi connectivity index (χ0n) is 12.4. The molecule has 1 aliphatic rings. The van der Waals surface area contributed by atoms with Crippen LogP contribution in [0.3, 0.4) is 0 Å². The highest BCUT2D eigenvalue weighted by Crippen LogP contribution is 2.20. The third-order valence-electron chi connectivity index (χ3n) is 3.37. The summed E-state index contributed by atoms with van der Waals surface area (Å²) in [7, 11) is 0. The van der Waals surface area contributed by atoms with Gasteiger partial charge >= 0.3 is 6.09 Å². The normalized spacial score (nSPS) is 22.8. The molecule has 0 spiro atoms. The molecule has 0 saturated heterocycles. The zero-order chi connectivity index (χ0) is 14.6. The number of amides is 1. The summed E-state index contributed by atoms with van der Waals surface area (Å²) >= 11 is 1.71. The highest BCUT2D eigenvalue weighted by molar-refractivity contribution is 7.07. The predicted molar refractivity (Wildman–Crippen MR) is 82.0 cm³/mol. The second kappa shape index (κ2) is 6.59. The van der Waals surface area contributed by atoms with Gasteiger partial charge in [-0.05, 0) is 62.4 Å². The van der Waals surface area contributed by atoms with Crippen LogP contribution >= 0.6 is 11.3 Å². The van der Waals surface area contributed by atoms with Crippen LogP contribution in [0, 0.1) is 0 Å². The van der Waals surface area contributed by atoms with E-state index in [0.29, 0.717) is 6.04 Å². The van der Waals surface area contributed by atoms with E-state index in [0.717, 1.165) is 25.8 Å². The van der Waals surface area contributed by atoms with Crippen molar-refractivity contribution in [1.29, 1.82) is 0 Å². The fourth-order valence-electron chi connectivity index (χ4n) is 2.48. The summed E-state index contributed by atoms with van der Waals surface area (Å²) in [5.74, 6) is 0. The molecule has 0 bridgehead atoms. The van der Waals surface area contributed by atoms with Crippen LogP contribution in [0.4, 0.5) is 4.79 Å². The van der Waals surface area contributed by atoms with Crippen molar-refractivity contribution in [2.75, 3.05) is 0 Å². The van der Waals surface area contributed by atoms with Gasteiger partial charge in [0.15, 0.2) is 0 Å². The highest BCUT2D eigenvalue weighted by Gasteiger charge is 2.29. The summed E-state index contributed by atoms with van der Waals surface area (Å²) in [6.07, 6.45) is 2.94. The minimum atomic E-state index is -0.442. The number of nitrogens with one attached hydrogen (secondary N) is 2. The lowest BCUT2D eigenvalue weighted by Gasteiger charge is -2.25. The Balaban J connectivity index is 1.80. The fourth-order valence-corrected chi connectivity index (χ4v) is 3.15. The Morgan fingerprint density at radius 1 is 1.40 bits per heavy atom. The number of rotatable bonds is 4. The number of hydrogen-bond acceptors (Lipinski definition) is 4. The summed E-state index contributed by atoms with van der Waals surface area (Å²) < 4.78 is 5.32. The molecule has 1 fully saturated rings. The van der Waals surface area contributed by atoms with Crippen molar-refractivity contribution in [3.63, 3.8) is 0 Å². The number of thiophene rings is 1. The first-order valence-electron chi connectivity index (χ1n) is 7.18. The topological polar surface area (TPSA) is 50.4 Å². The number of ether oxygens (including phenoxy) is 1. The van der Waals surface area contributed by atoms with Crippen LogP contribution in [0.1, 0.15) is 45.6 Å². The van der Waals surface area contributed by atoms with Crippen LogP contribution in [0.2, 0.25) is 0 Å². The van der Waals surface area contributed by atoms with Crippen LogP contribution in [0.5, 0.6) is 0 Å². The third-order valence-corrected chi connectivity index (χ3v) is 4.10. The number of carbonyl (C=O) groups excluding carboxylic acids is 1. The van der Waals surface area contributed by atoms with Gasteiger partial charge < -0.3 is 15.4 Å². The summed E-state index contributed by atoms with van der Waals surface area (Å²) in [6, 6.07) is 2.63. The molecule has 1 heterocycles. The number of carbonyl (C=O) groups is 1. The molecule has 1 saturated carbocycles. The fraction of sp³-hybridized carbons (Fsp3) is 0.667. The first-order chi connectivity index (χ1) is 9.44. The minimum absolute atomic E-state index is 0.170. The molecule has 1 aliphatic carbocycles. The second-order valence-corrected chi connectivity index (χ2v) is 7.08. The SMILES string of the molecule is CC(C)(C)OC(=O)NC1CCCC1NCc1ccsc1. The van der Waals surface area contributed by atoms with Crippen molar-refractivity contribution in [1.82, 2.24) is 10.6 Å². The molecule has 0 aliphatic heterocycles. The minimum Gasteiger partial charge on any atom is -0.444 e. The maximum absolute atomic E-state index is 11.8. The predicted octanol–water partition coefficient (Wildman–Crippen LogP) is 3.28. The van der Waals surface area contributed by atoms with Gasteiger partial charge in [0.1, 0.15) is 5.60 Å². The van der Waals surface area contributed by atoms with E-state index in [4.69, 9.17) is 4.74 Å². The lowest BCUT2D eigenvalue weighted by molar-refractivity contribution is 0.0498. The van der Waals surface area contributed by atoms with E-state index in [2.05, 4.69) is 27.5 Å². The molecule has 1 aromatic heterocycles. The van der Waals surface area contributed by atoms with Gasteiger partial charge in [0.25, 0.3) is 0 Å². The van der Waals surface area contributed by atoms with E-state index in [1.165, 1.54) is 5.56 Å². The first kappa shape index (κ1) is 15.3. The third kappa shape index (κ3) is 4.80. The van der Waals surface area contributed by atoms with Crippen molar-refractivity contribution in [3.05, 3.63) is 22.4 Å². The van der Waals surface area contributed by atoms with E-state index < -0.39 is 5.60 Å². The van der Waals surface area contributed by atoms with Gasteiger partial charge in [0.05, 0.1) is 0 Å². The average molecular weight is 296 g/mol. The van der Waals surface area contributed by atoms with Gasteiger partial charge in [-0.1, -0.05) is 0 Å². The van der Waals surface area contributed by atoms with Crippen LogP contribution in [0.15, 0.2) is 16.8 Å². The Kier molecular flexibility index (Phi) is 5.05. The largest absolute Gasteiger partial charge is 0.444 e. The summed E-state index contributed by atoms with van der Waals surface area (Å²) in [5, 5.41) is 10.8. The van der Waals surface area contributed by atoms with E-state index in [-0.39, 0.29) is 12.1 Å². The molecule has 1 aromatic rings. The van der Waals surface area contributed by atoms with Gasteiger partial charge in [0.2, 0.25) is 0 Å². The van der Waals surface area contributed by atoms with Crippen molar-refractivity contribution < 1.29 is 9.53 Å². The summed E-state index contributed by atoms with van der Waals surface area (Å²) in [5.41, 5.74) is 0.861. The average Bonchev–Trinajstić information content (AvgIpc) is 2.94. The maximum Gasteiger partial charge on any atom is 0.407 e. The Bertz CT molecular complexity index is 426. The van der Waals surface area contributed by atoms with Crippen LogP contribution < -0.4 is 10.6 Å². The quantitative estimate of drug-likeness (QED) is 0.896. The van der Waals surface area contributed by atoms with Crippen LogP contribution in [0.25, 0.3) is 0 Å². The lowest BCUT2D eigenvalue weighted by Crippen LogP contribution is -2.47. The van der Waals surface area contributed by atoms with Crippen LogP contribution in [-0.4, -0.2) is 23.8 Å². The molecule has 4 nitrogen and oxygen atoms in total. The molecule has 2 atom stereocenters. The second-order valence-electron chi connectivity index (χ2n) is 6.30. The molecule has 2 N–H and O–H groups in total. The lowest BCUT2D eigenvalue weighted by atomic mass is 10.1. The van der Waals surface area contributed by atoms with Crippen LogP contribution in [-0.2, 0) is 11.3 Å². The van der Waals surface area contributed by atoms with E-state index in [1.807, 2.05) is 20.8 Å². The zero-order valence-corrected chi connectivity index (χ0v) is 13.3. The van der Waals surface area contributed by atoms with E-state index in [1.54, 1.807) is 11.3 Å². The molecule has 0 radical (unpaired) electrons. The molecular weight excluding hydrogens is 272 g/mol. The Labute approximate surface area is 124 Å². The maximum atomic E-state index is 11.8. The van der Waals surface area contributed by atoms with E-state index in [9.17, 15) is 4.79 Å². The Morgan fingerprint density at radius 2 is 2.15 bits per heavy atom. The Hall–Kier alpha value is -1.07. The molecule has 5 heteroatoms. The summed E-state index contributed by atoms with van der Waals surface area (Å²) in [4.78, 5) is 11.8. The molecular formula is C15H24N2O2S. The highest BCUT2D eigenvalue weighted by atomic mass is 32.1. The standard InChI is InChI=1S/C15H24N2O2S/c1-15(2,3)19-14(18)17-13-6-4-5-12(13)16-9-11-7-8-20-10-11/h7-8,10,12-13,16H,4-6,9H2,1-3H3,(H,17,18). The number of alkyl carbamates (subject to hydrolysis) is 1. The van der Waals surface area contributed by atoms with Gasteiger partial charge in [-0.2, -0.15) is 11.3 Å². The monoisotopic (exact) mass is 296 g/mol. The van der Waals surface area contributed by atoms with Gasteiger partial charge in [-0.25, -0.2) is 4.79 Å². The van der Waals surface area contributed by atoms with E-state index >= 15 is 0 Å². The molecule has 1 amide bonds. The number of hydrogen-bond donors (Lipinski definition) is 2. The molecule has 112 valence electrons. The molecule has 2 unspecified atom stereocenters. The van der Waals surface area contributed by atoms with Crippen molar-refractivity contribution >= 4 is 17.4 Å². The van der Waals surface area contributed by atoms with Gasteiger partial charge in [0, 0.05) is 18.6 Å².